The van der Waals surface area contributed by atoms with Crippen molar-refractivity contribution in [1.29, 1.82) is 0 Å². The Morgan fingerprint density at radius 2 is 1.94 bits per heavy atom. The molecule has 18 heavy (non-hydrogen) atoms. The molecule has 1 aliphatic heterocycles. The summed E-state index contributed by atoms with van der Waals surface area (Å²) >= 11 is 0. The molecule has 1 saturated heterocycles. The van der Waals surface area contributed by atoms with Gasteiger partial charge in [-0.2, -0.15) is 0 Å². The van der Waals surface area contributed by atoms with Crippen LogP contribution in [-0.4, -0.2) is 26.8 Å². The molecular formula is C15H24N2O. The summed E-state index contributed by atoms with van der Waals surface area (Å²) in [5.41, 5.74) is 8.54. The predicted molar refractivity (Wildman–Crippen MR) is 76.9 cm³/mol. The van der Waals surface area contributed by atoms with Crippen molar-refractivity contribution >= 4 is 11.4 Å². The van der Waals surface area contributed by atoms with Crippen molar-refractivity contribution in [3.05, 3.63) is 24.3 Å². The Morgan fingerprint density at radius 1 is 1.28 bits per heavy atom. The minimum Gasteiger partial charge on any atom is -0.397 e. The monoisotopic (exact) mass is 248 g/mol. The van der Waals surface area contributed by atoms with Crippen LogP contribution < -0.4 is 10.6 Å². The van der Waals surface area contributed by atoms with Crippen molar-refractivity contribution in [3.8, 4) is 0 Å². The van der Waals surface area contributed by atoms with E-state index >= 15 is 0 Å². The molecule has 0 spiro atoms. The van der Waals surface area contributed by atoms with Crippen LogP contribution in [-0.2, 0) is 4.74 Å². The first kappa shape index (κ1) is 13.2. The molecular weight excluding hydrogens is 224 g/mol. The van der Waals surface area contributed by atoms with Gasteiger partial charge < -0.3 is 15.4 Å². The van der Waals surface area contributed by atoms with E-state index in [9.17, 15) is 0 Å². The Morgan fingerprint density at radius 3 is 2.56 bits per heavy atom. The summed E-state index contributed by atoms with van der Waals surface area (Å²) in [5.74, 6) is 0. The fourth-order valence-corrected chi connectivity index (χ4v) is 2.66. The van der Waals surface area contributed by atoms with E-state index < -0.39 is 0 Å². The van der Waals surface area contributed by atoms with Crippen LogP contribution in [0.25, 0.3) is 0 Å². The van der Waals surface area contributed by atoms with Gasteiger partial charge in [-0.05, 0) is 36.8 Å². The highest BCUT2D eigenvalue weighted by Gasteiger charge is 2.30. The lowest BCUT2D eigenvalue weighted by Crippen LogP contribution is -2.39. The fraction of sp³-hybridized carbons (Fsp3) is 0.600. The van der Waals surface area contributed by atoms with Crippen molar-refractivity contribution in [1.82, 2.24) is 0 Å². The highest BCUT2D eigenvalue weighted by Crippen LogP contribution is 2.37. The number of methoxy groups -OCH3 is 1. The van der Waals surface area contributed by atoms with Crippen molar-refractivity contribution < 1.29 is 4.74 Å². The number of nitrogen functional groups attached to an aromatic ring is 1. The van der Waals surface area contributed by atoms with Crippen LogP contribution >= 0.6 is 0 Å². The zero-order valence-electron chi connectivity index (χ0n) is 11.5. The van der Waals surface area contributed by atoms with Crippen molar-refractivity contribution in [2.45, 2.75) is 26.2 Å². The van der Waals surface area contributed by atoms with E-state index in [2.05, 4.69) is 24.0 Å². The van der Waals surface area contributed by atoms with Crippen molar-refractivity contribution in [2.75, 3.05) is 37.4 Å². The summed E-state index contributed by atoms with van der Waals surface area (Å²) in [7, 11) is 1.78. The third kappa shape index (κ3) is 2.96. The van der Waals surface area contributed by atoms with Gasteiger partial charge in [0.15, 0.2) is 0 Å². The number of anilines is 2. The van der Waals surface area contributed by atoms with Crippen LogP contribution in [0.3, 0.4) is 0 Å². The number of para-hydroxylation sites is 2. The van der Waals surface area contributed by atoms with Crippen LogP contribution in [0, 0.1) is 5.41 Å². The lowest BCUT2D eigenvalue weighted by molar-refractivity contribution is 0.126. The molecule has 2 N–H and O–H groups in total. The van der Waals surface area contributed by atoms with Crippen LogP contribution in [0.2, 0.25) is 0 Å². The highest BCUT2D eigenvalue weighted by atomic mass is 16.5. The molecule has 3 heteroatoms. The molecule has 1 fully saturated rings. The van der Waals surface area contributed by atoms with Gasteiger partial charge in [0.2, 0.25) is 0 Å². The molecule has 0 aliphatic carbocycles. The van der Waals surface area contributed by atoms with E-state index in [0.717, 1.165) is 31.8 Å². The van der Waals surface area contributed by atoms with Crippen LogP contribution in [0.15, 0.2) is 24.3 Å². The second kappa shape index (κ2) is 5.61. The number of hydrogen-bond acceptors (Lipinski definition) is 3. The lowest BCUT2D eigenvalue weighted by Gasteiger charge is -2.40. The zero-order valence-corrected chi connectivity index (χ0v) is 11.5. The van der Waals surface area contributed by atoms with E-state index in [1.165, 1.54) is 18.5 Å². The van der Waals surface area contributed by atoms with Crippen LogP contribution in [0.4, 0.5) is 11.4 Å². The van der Waals surface area contributed by atoms with E-state index in [0.29, 0.717) is 5.41 Å². The second-order valence-corrected chi connectivity index (χ2v) is 5.60. The molecule has 1 aromatic carbocycles. The zero-order chi connectivity index (χ0) is 13.0. The number of piperidine rings is 1. The molecule has 2 rings (SSSR count). The van der Waals surface area contributed by atoms with Gasteiger partial charge in [-0.25, -0.2) is 0 Å². The number of nitrogens with zero attached hydrogens (tertiary/aromatic N) is 1. The summed E-state index contributed by atoms with van der Waals surface area (Å²) in [6.07, 6.45) is 3.58. The van der Waals surface area contributed by atoms with Crippen LogP contribution in [0.1, 0.15) is 26.2 Å². The van der Waals surface area contributed by atoms with Gasteiger partial charge in [0.1, 0.15) is 0 Å². The van der Waals surface area contributed by atoms with Gasteiger partial charge in [-0.3, -0.25) is 0 Å². The summed E-state index contributed by atoms with van der Waals surface area (Å²) < 4.78 is 5.21. The maximum atomic E-state index is 6.04. The Bertz CT molecular complexity index is 384. The lowest BCUT2D eigenvalue weighted by atomic mass is 9.78. The summed E-state index contributed by atoms with van der Waals surface area (Å²) in [6, 6.07) is 8.15. The Balaban J connectivity index is 1.96. The van der Waals surface area contributed by atoms with Gasteiger partial charge in [0, 0.05) is 26.8 Å². The van der Waals surface area contributed by atoms with Gasteiger partial charge in [-0.15, -0.1) is 0 Å². The van der Waals surface area contributed by atoms with Gasteiger partial charge in [-0.1, -0.05) is 19.1 Å². The highest BCUT2D eigenvalue weighted by molar-refractivity contribution is 5.67. The quantitative estimate of drug-likeness (QED) is 0.833. The van der Waals surface area contributed by atoms with E-state index in [1.807, 2.05) is 12.1 Å². The topological polar surface area (TPSA) is 38.5 Å². The molecule has 0 radical (unpaired) electrons. The molecule has 1 aromatic rings. The Hall–Kier alpha value is -1.22. The minimum absolute atomic E-state index is 0.427. The SMILES string of the molecule is COCCC1(C)CCN(c2ccccc2N)CC1. The minimum atomic E-state index is 0.427. The van der Waals surface area contributed by atoms with E-state index in [-0.39, 0.29) is 0 Å². The van der Waals surface area contributed by atoms with Gasteiger partial charge in [0.05, 0.1) is 11.4 Å². The first-order valence-corrected chi connectivity index (χ1v) is 6.73. The molecule has 0 bridgehead atoms. The molecule has 1 heterocycles. The largest absolute Gasteiger partial charge is 0.397 e. The first-order valence-electron chi connectivity index (χ1n) is 6.73. The van der Waals surface area contributed by atoms with Gasteiger partial charge in [0.25, 0.3) is 0 Å². The van der Waals surface area contributed by atoms with Crippen molar-refractivity contribution in [3.63, 3.8) is 0 Å². The van der Waals surface area contributed by atoms with E-state index in [4.69, 9.17) is 10.5 Å². The third-order valence-electron chi connectivity index (χ3n) is 4.16. The number of benzene rings is 1. The van der Waals surface area contributed by atoms with Gasteiger partial charge >= 0.3 is 0 Å². The van der Waals surface area contributed by atoms with E-state index in [1.54, 1.807) is 7.11 Å². The maximum Gasteiger partial charge on any atom is 0.0599 e. The normalized spacial score (nSPS) is 18.9. The summed E-state index contributed by atoms with van der Waals surface area (Å²) in [4.78, 5) is 2.41. The molecule has 1 aliphatic rings. The van der Waals surface area contributed by atoms with Crippen molar-refractivity contribution in [2.24, 2.45) is 5.41 Å². The fourth-order valence-electron chi connectivity index (χ4n) is 2.66. The Kier molecular flexibility index (Phi) is 4.12. The molecule has 0 amide bonds. The summed E-state index contributed by atoms with van der Waals surface area (Å²) in [5, 5.41) is 0. The molecule has 0 saturated carbocycles. The number of nitrogens with two attached hydrogens (primary N) is 1. The smallest absolute Gasteiger partial charge is 0.0599 e. The van der Waals surface area contributed by atoms with Crippen LogP contribution in [0.5, 0.6) is 0 Å². The molecule has 0 atom stereocenters. The number of rotatable bonds is 4. The maximum absolute atomic E-state index is 6.04. The molecule has 0 aromatic heterocycles. The predicted octanol–water partition coefficient (Wildman–Crippen LogP) is 2.91. The summed E-state index contributed by atoms with van der Waals surface area (Å²) in [6.45, 7) is 5.42. The number of ether oxygens (including phenoxy) is 1. The second-order valence-electron chi connectivity index (χ2n) is 5.60. The molecule has 0 unspecified atom stereocenters. The average Bonchev–Trinajstić information content (AvgIpc) is 2.39. The standard InChI is InChI=1S/C15H24N2O/c1-15(9-12-18-2)7-10-17(11-8-15)14-6-4-3-5-13(14)16/h3-6H,7-12,16H2,1-2H3. The molecule has 3 nitrogen and oxygen atoms in total. The Labute approximate surface area is 110 Å². The first-order chi connectivity index (χ1) is 8.64. The third-order valence-corrected chi connectivity index (χ3v) is 4.16. The average molecular weight is 248 g/mol. The number of hydrogen-bond donors (Lipinski definition) is 1. The molecule has 100 valence electrons.